The number of aryl methyl sites for hydroxylation is 1. The normalized spacial score (nSPS) is 26.4. The molecular formula is C15H21N3O. The largest absolute Gasteiger partial charge is 0.325 e. The minimum atomic E-state index is 0.0959. The van der Waals surface area contributed by atoms with E-state index in [0.29, 0.717) is 6.54 Å². The van der Waals surface area contributed by atoms with Gasteiger partial charge >= 0.3 is 0 Å². The Morgan fingerprint density at radius 2 is 2.11 bits per heavy atom. The first-order chi connectivity index (χ1) is 9.20. The summed E-state index contributed by atoms with van der Waals surface area (Å²) in [5.41, 5.74) is 2.06. The number of likely N-dealkylation sites (tertiary alicyclic amines) is 1. The number of hydrogen-bond acceptors (Lipinski definition) is 3. The lowest BCUT2D eigenvalue weighted by Crippen LogP contribution is -2.33. The number of carbonyl (C=O) groups excluding carboxylic acids is 1. The third kappa shape index (κ3) is 2.96. The summed E-state index contributed by atoms with van der Waals surface area (Å²) in [6.45, 7) is 6.88. The van der Waals surface area contributed by atoms with E-state index in [9.17, 15) is 4.79 Å². The zero-order valence-corrected chi connectivity index (χ0v) is 11.4. The van der Waals surface area contributed by atoms with Crippen LogP contribution in [-0.4, -0.2) is 43.5 Å². The van der Waals surface area contributed by atoms with Crippen LogP contribution in [0.5, 0.6) is 0 Å². The summed E-state index contributed by atoms with van der Waals surface area (Å²) in [6, 6.07) is 7.94. The Hall–Kier alpha value is -1.39. The Morgan fingerprint density at radius 1 is 1.37 bits per heavy atom. The van der Waals surface area contributed by atoms with Crippen molar-refractivity contribution in [2.75, 3.05) is 38.0 Å². The molecule has 2 atom stereocenters. The van der Waals surface area contributed by atoms with Gasteiger partial charge in [-0.15, -0.1) is 0 Å². The molecule has 0 saturated carbocycles. The molecule has 0 aromatic heterocycles. The number of amides is 1. The van der Waals surface area contributed by atoms with E-state index >= 15 is 0 Å². The molecule has 1 aromatic rings. The van der Waals surface area contributed by atoms with Gasteiger partial charge in [-0.05, 0) is 49.5 Å². The van der Waals surface area contributed by atoms with Crippen molar-refractivity contribution in [3.05, 3.63) is 29.8 Å². The molecule has 0 unspecified atom stereocenters. The van der Waals surface area contributed by atoms with E-state index in [1.54, 1.807) is 0 Å². The molecule has 4 heteroatoms. The fraction of sp³-hybridized carbons (Fsp3) is 0.533. The molecule has 0 radical (unpaired) electrons. The van der Waals surface area contributed by atoms with Crippen LogP contribution in [0, 0.1) is 18.8 Å². The average molecular weight is 259 g/mol. The number of anilines is 1. The molecule has 19 heavy (non-hydrogen) atoms. The van der Waals surface area contributed by atoms with Gasteiger partial charge in [0.1, 0.15) is 0 Å². The maximum atomic E-state index is 12.0. The minimum Gasteiger partial charge on any atom is -0.325 e. The number of fused-ring (bicyclic) bond motifs is 1. The zero-order valence-electron chi connectivity index (χ0n) is 11.4. The molecule has 2 aliphatic heterocycles. The quantitative estimate of drug-likeness (QED) is 0.854. The highest BCUT2D eigenvalue weighted by atomic mass is 16.2. The highest BCUT2D eigenvalue weighted by Crippen LogP contribution is 2.25. The third-order valence-corrected chi connectivity index (χ3v) is 4.13. The standard InChI is InChI=1S/C15H21N3O/c1-11-3-2-4-14(5-11)17-15(19)10-18-8-12-6-16-7-13(12)9-18/h2-5,12-13,16H,6-10H2,1H3,(H,17,19)/t12-,13+. The fourth-order valence-corrected chi connectivity index (χ4v) is 3.21. The number of benzene rings is 1. The van der Waals surface area contributed by atoms with Crippen LogP contribution in [0.3, 0.4) is 0 Å². The number of rotatable bonds is 3. The van der Waals surface area contributed by atoms with Crippen molar-refractivity contribution >= 4 is 11.6 Å². The first kappa shape index (κ1) is 12.6. The number of nitrogens with zero attached hydrogens (tertiary/aromatic N) is 1. The fourth-order valence-electron chi connectivity index (χ4n) is 3.21. The number of nitrogens with one attached hydrogen (secondary N) is 2. The van der Waals surface area contributed by atoms with Crippen LogP contribution in [0.15, 0.2) is 24.3 Å². The van der Waals surface area contributed by atoms with Gasteiger partial charge in [-0.1, -0.05) is 12.1 Å². The molecule has 0 bridgehead atoms. The topological polar surface area (TPSA) is 44.4 Å². The molecule has 3 rings (SSSR count). The van der Waals surface area contributed by atoms with Crippen LogP contribution in [0.25, 0.3) is 0 Å². The van der Waals surface area contributed by atoms with Crippen LogP contribution < -0.4 is 10.6 Å². The summed E-state index contributed by atoms with van der Waals surface area (Å²) >= 11 is 0. The van der Waals surface area contributed by atoms with E-state index in [2.05, 4.69) is 15.5 Å². The lowest BCUT2D eigenvalue weighted by Gasteiger charge is -2.16. The van der Waals surface area contributed by atoms with Crippen LogP contribution in [0.4, 0.5) is 5.69 Å². The first-order valence-corrected chi connectivity index (χ1v) is 7.00. The van der Waals surface area contributed by atoms with E-state index in [1.807, 2.05) is 31.2 Å². The molecule has 2 heterocycles. The van der Waals surface area contributed by atoms with Crippen molar-refractivity contribution in [1.82, 2.24) is 10.2 Å². The lowest BCUT2D eigenvalue weighted by molar-refractivity contribution is -0.117. The van der Waals surface area contributed by atoms with Crippen molar-refractivity contribution in [2.45, 2.75) is 6.92 Å². The van der Waals surface area contributed by atoms with Gasteiger partial charge in [-0.2, -0.15) is 0 Å². The van der Waals surface area contributed by atoms with Crippen molar-refractivity contribution in [3.63, 3.8) is 0 Å². The van der Waals surface area contributed by atoms with Crippen LogP contribution in [0.1, 0.15) is 5.56 Å². The van der Waals surface area contributed by atoms with E-state index < -0.39 is 0 Å². The van der Waals surface area contributed by atoms with E-state index in [-0.39, 0.29) is 5.91 Å². The highest BCUT2D eigenvalue weighted by Gasteiger charge is 2.36. The first-order valence-electron chi connectivity index (χ1n) is 7.00. The summed E-state index contributed by atoms with van der Waals surface area (Å²) in [6.07, 6.45) is 0. The van der Waals surface area contributed by atoms with Gasteiger partial charge in [0.15, 0.2) is 0 Å². The van der Waals surface area contributed by atoms with Crippen molar-refractivity contribution in [1.29, 1.82) is 0 Å². The summed E-state index contributed by atoms with van der Waals surface area (Å²) in [5, 5.41) is 6.40. The van der Waals surface area contributed by atoms with Crippen molar-refractivity contribution in [2.24, 2.45) is 11.8 Å². The van der Waals surface area contributed by atoms with E-state index in [0.717, 1.165) is 43.7 Å². The van der Waals surface area contributed by atoms with Crippen LogP contribution in [0.2, 0.25) is 0 Å². The Balaban J connectivity index is 1.52. The van der Waals surface area contributed by atoms with Crippen LogP contribution in [-0.2, 0) is 4.79 Å². The lowest BCUT2D eigenvalue weighted by atomic mass is 10.0. The number of hydrogen-bond donors (Lipinski definition) is 2. The van der Waals surface area contributed by atoms with Gasteiger partial charge < -0.3 is 10.6 Å². The molecular weight excluding hydrogens is 238 g/mol. The summed E-state index contributed by atoms with van der Waals surface area (Å²) in [5.74, 6) is 1.58. The second-order valence-corrected chi connectivity index (χ2v) is 5.79. The van der Waals surface area contributed by atoms with E-state index in [4.69, 9.17) is 0 Å². The second-order valence-electron chi connectivity index (χ2n) is 5.79. The Morgan fingerprint density at radius 3 is 2.79 bits per heavy atom. The zero-order chi connectivity index (χ0) is 13.2. The van der Waals surface area contributed by atoms with E-state index in [1.165, 1.54) is 5.56 Å². The van der Waals surface area contributed by atoms with Gasteiger partial charge in [0, 0.05) is 18.8 Å². The van der Waals surface area contributed by atoms with Crippen molar-refractivity contribution in [3.8, 4) is 0 Å². The molecule has 1 aromatic carbocycles. The predicted molar refractivity (Wildman–Crippen MR) is 76.1 cm³/mol. The minimum absolute atomic E-state index is 0.0959. The SMILES string of the molecule is Cc1cccc(NC(=O)CN2C[C@H]3CNC[C@H]3C2)c1. The average Bonchev–Trinajstić information content (AvgIpc) is 2.89. The van der Waals surface area contributed by atoms with Gasteiger partial charge in [-0.25, -0.2) is 0 Å². The summed E-state index contributed by atoms with van der Waals surface area (Å²) in [7, 11) is 0. The van der Waals surface area contributed by atoms with Crippen molar-refractivity contribution < 1.29 is 4.79 Å². The Kier molecular flexibility index (Phi) is 3.53. The molecule has 102 valence electrons. The van der Waals surface area contributed by atoms with Gasteiger partial charge in [0.2, 0.25) is 5.91 Å². The molecule has 0 aliphatic carbocycles. The van der Waals surface area contributed by atoms with Gasteiger partial charge in [0.25, 0.3) is 0 Å². The molecule has 2 N–H and O–H groups in total. The Labute approximate surface area is 114 Å². The van der Waals surface area contributed by atoms with Gasteiger partial charge in [0.05, 0.1) is 6.54 Å². The molecule has 2 fully saturated rings. The predicted octanol–water partition coefficient (Wildman–Crippen LogP) is 1.08. The molecule has 2 aliphatic rings. The van der Waals surface area contributed by atoms with Crippen LogP contribution >= 0.6 is 0 Å². The maximum absolute atomic E-state index is 12.0. The molecule has 4 nitrogen and oxygen atoms in total. The smallest absolute Gasteiger partial charge is 0.238 e. The Bertz CT molecular complexity index is 462. The monoisotopic (exact) mass is 259 g/mol. The number of carbonyl (C=O) groups is 1. The highest BCUT2D eigenvalue weighted by molar-refractivity contribution is 5.92. The third-order valence-electron chi connectivity index (χ3n) is 4.13. The molecule has 2 saturated heterocycles. The summed E-state index contributed by atoms with van der Waals surface area (Å²) < 4.78 is 0. The summed E-state index contributed by atoms with van der Waals surface area (Å²) in [4.78, 5) is 14.3. The second kappa shape index (κ2) is 5.31. The molecule has 1 amide bonds. The maximum Gasteiger partial charge on any atom is 0.238 e. The van der Waals surface area contributed by atoms with Gasteiger partial charge in [-0.3, -0.25) is 9.69 Å². The molecule has 0 spiro atoms.